The van der Waals surface area contributed by atoms with Gasteiger partial charge in [-0.2, -0.15) is 10.4 Å². The minimum Gasteiger partial charge on any atom is -0.256 e. The Morgan fingerprint density at radius 3 is 2.73 bits per heavy atom. The molecule has 0 fully saturated rings. The number of nitrogens with zero attached hydrogens (tertiary/aromatic N) is 4. The SMILES string of the molecule is CC(C)N1N=CN(Cl)C1C#N. The van der Waals surface area contributed by atoms with Gasteiger partial charge in [0.25, 0.3) is 0 Å². The first-order chi connectivity index (χ1) is 5.16. The Balaban J connectivity index is 2.70. The van der Waals surface area contributed by atoms with Gasteiger partial charge in [0, 0.05) is 17.8 Å². The van der Waals surface area contributed by atoms with Gasteiger partial charge < -0.3 is 0 Å². The molecule has 1 aliphatic rings. The molecule has 1 atom stereocenters. The molecular weight excluding hydrogens is 164 g/mol. The Hall–Kier alpha value is -0.950. The van der Waals surface area contributed by atoms with Crippen molar-refractivity contribution in [1.29, 1.82) is 5.26 Å². The van der Waals surface area contributed by atoms with Crippen molar-refractivity contribution >= 4 is 18.1 Å². The molecule has 1 unspecified atom stereocenters. The minimum absolute atomic E-state index is 0.194. The number of hydrogen-bond acceptors (Lipinski definition) is 4. The molecule has 1 aliphatic heterocycles. The maximum Gasteiger partial charge on any atom is 0.221 e. The van der Waals surface area contributed by atoms with Gasteiger partial charge in [0.15, 0.2) is 0 Å². The Bertz CT molecular complexity index is 207. The molecule has 0 N–H and O–H groups in total. The molecule has 0 aromatic carbocycles. The maximum atomic E-state index is 8.66. The zero-order valence-corrected chi connectivity index (χ0v) is 7.15. The van der Waals surface area contributed by atoms with Crippen LogP contribution >= 0.6 is 11.8 Å². The summed E-state index contributed by atoms with van der Waals surface area (Å²) in [5, 5.41) is 14.3. The summed E-state index contributed by atoms with van der Waals surface area (Å²) in [6, 6.07) is 2.23. The van der Waals surface area contributed by atoms with Crippen LogP contribution in [0, 0.1) is 11.3 Å². The van der Waals surface area contributed by atoms with Gasteiger partial charge in [0.05, 0.1) is 0 Å². The fourth-order valence-electron chi connectivity index (χ4n) is 0.878. The second kappa shape index (κ2) is 2.97. The van der Waals surface area contributed by atoms with E-state index in [1.807, 2.05) is 19.9 Å². The number of hydrogen-bond donors (Lipinski definition) is 0. The number of nitriles is 1. The van der Waals surface area contributed by atoms with Gasteiger partial charge in [0.1, 0.15) is 12.4 Å². The van der Waals surface area contributed by atoms with E-state index < -0.39 is 6.17 Å². The number of halogens is 1. The van der Waals surface area contributed by atoms with Crippen molar-refractivity contribution in [1.82, 2.24) is 9.43 Å². The lowest BCUT2D eigenvalue weighted by atomic mass is 10.3. The van der Waals surface area contributed by atoms with Gasteiger partial charge in [-0.05, 0) is 13.8 Å². The van der Waals surface area contributed by atoms with Crippen molar-refractivity contribution < 1.29 is 0 Å². The van der Waals surface area contributed by atoms with Crippen LogP contribution in [0.4, 0.5) is 0 Å². The molecule has 0 radical (unpaired) electrons. The van der Waals surface area contributed by atoms with Crippen molar-refractivity contribution in [3.63, 3.8) is 0 Å². The molecule has 4 nitrogen and oxygen atoms in total. The van der Waals surface area contributed by atoms with E-state index in [0.29, 0.717) is 0 Å². The van der Waals surface area contributed by atoms with Crippen molar-refractivity contribution in [2.75, 3.05) is 0 Å². The van der Waals surface area contributed by atoms with Crippen LogP contribution in [0.2, 0.25) is 0 Å². The summed E-state index contributed by atoms with van der Waals surface area (Å²) in [4.78, 5) is 0. The van der Waals surface area contributed by atoms with Gasteiger partial charge in [0.2, 0.25) is 6.17 Å². The highest BCUT2D eigenvalue weighted by Gasteiger charge is 2.28. The topological polar surface area (TPSA) is 42.6 Å². The Kier molecular flexibility index (Phi) is 2.20. The molecule has 11 heavy (non-hydrogen) atoms. The minimum atomic E-state index is -0.461. The molecule has 0 saturated carbocycles. The van der Waals surface area contributed by atoms with Crippen LogP contribution in [0.25, 0.3) is 0 Å². The van der Waals surface area contributed by atoms with Crippen LogP contribution < -0.4 is 0 Å². The fraction of sp³-hybridized carbons (Fsp3) is 0.667. The second-order valence-corrected chi connectivity index (χ2v) is 2.94. The molecule has 0 spiro atoms. The van der Waals surface area contributed by atoms with Gasteiger partial charge in [-0.3, -0.25) is 5.01 Å². The Morgan fingerprint density at radius 2 is 2.36 bits per heavy atom. The van der Waals surface area contributed by atoms with E-state index in [1.54, 1.807) is 5.01 Å². The van der Waals surface area contributed by atoms with Crippen LogP contribution in [0.5, 0.6) is 0 Å². The predicted octanol–water partition coefficient (Wildman–Crippen LogP) is 0.959. The normalized spacial score (nSPS) is 23.0. The van der Waals surface area contributed by atoms with Crippen molar-refractivity contribution in [2.45, 2.75) is 26.1 Å². The third-order valence-corrected chi connectivity index (χ3v) is 1.70. The first-order valence-corrected chi connectivity index (χ1v) is 3.67. The Morgan fingerprint density at radius 1 is 1.73 bits per heavy atom. The molecule has 0 aromatic rings. The van der Waals surface area contributed by atoms with Crippen molar-refractivity contribution in [2.24, 2.45) is 5.10 Å². The van der Waals surface area contributed by atoms with Crippen LogP contribution in [0.3, 0.4) is 0 Å². The zero-order chi connectivity index (χ0) is 8.43. The third-order valence-electron chi connectivity index (χ3n) is 1.42. The highest BCUT2D eigenvalue weighted by atomic mass is 35.5. The van der Waals surface area contributed by atoms with E-state index in [0.717, 1.165) is 0 Å². The molecular formula is C6H9ClN4. The third kappa shape index (κ3) is 1.38. The summed E-state index contributed by atoms with van der Waals surface area (Å²) >= 11 is 5.64. The highest BCUT2D eigenvalue weighted by molar-refractivity contribution is 6.19. The summed E-state index contributed by atoms with van der Waals surface area (Å²) in [5.74, 6) is 0. The maximum absolute atomic E-state index is 8.66. The highest BCUT2D eigenvalue weighted by Crippen LogP contribution is 2.16. The smallest absolute Gasteiger partial charge is 0.221 e. The number of rotatable bonds is 1. The van der Waals surface area contributed by atoms with Gasteiger partial charge in [-0.1, -0.05) is 0 Å². The van der Waals surface area contributed by atoms with Crippen LogP contribution in [-0.2, 0) is 0 Å². The van der Waals surface area contributed by atoms with Crippen LogP contribution in [0.1, 0.15) is 13.8 Å². The quantitative estimate of drug-likeness (QED) is 0.554. The number of hydrazone groups is 1. The van der Waals surface area contributed by atoms with E-state index >= 15 is 0 Å². The largest absolute Gasteiger partial charge is 0.256 e. The summed E-state index contributed by atoms with van der Waals surface area (Å²) < 4.78 is 1.26. The van der Waals surface area contributed by atoms with E-state index in [9.17, 15) is 0 Å². The lowest BCUT2D eigenvalue weighted by molar-refractivity contribution is 0.177. The molecule has 0 bridgehead atoms. The van der Waals surface area contributed by atoms with E-state index in [2.05, 4.69) is 5.10 Å². The molecule has 60 valence electrons. The average molecular weight is 173 g/mol. The molecule has 5 heteroatoms. The predicted molar refractivity (Wildman–Crippen MR) is 42.6 cm³/mol. The zero-order valence-electron chi connectivity index (χ0n) is 6.40. The van der Waals surface area contributed by atoms with Crippen LogP contribution in [0.15, 0.2) is 5.10 Å². The Labute approximate surface area is 70.8 Å². The molecule has 1 heterocycles. The monoisotopic (exact) mass is 172 g/mol. The van der Waals surface area contributed by atoms with Crippen LogP contribution in [-0.4, -0.2) is 28.0 Å². The van der Waals surface area contributed by atoms with E-state index in [-0.39, 0.29) is 6.04 Å². The standard InChI is InChI=1S/C6H9ClN4/c1-5(2)11-6(3-8)10(7)4-9-11/h4-6H,1-2H3. The van der Waals surface area contributed by atoms with Gasteiger partial charge in [-0.15, -0.1) is 0 Å². The van der Waals surface area contributed by atoms with Gasteiger partial charge >= 0.3 is 0 Å². The molecule has 0 aromatic heterocycles. The molecule has 1 rings (SSSR count). The van der Waals surface area contributed by atoms with E-state index in [1.165, 1.54) is 10.8 Å². The summed E-state index contributed by atoms with van der Waals surface area (Å²) in [7, 11) is 0. The van der Waals surface area contributed by atoms with Crippen molar-refractivity contribution in [3.05, 3.63) is 0 Å². The lowest BCUT2D eigenvalue weighted by Gasteiger charge is -2.23. The van der Waals surface area contributed by atoms with Gasteiger partial charge in [-0.25, -0.2) is 4.42 Å². The first-order valence-electron chi connectivity index (χ1n) is 3.33. The average Bonchev–Trinajstić information content (AvgIpc) is 2.30. The lowest BCUT2D eigenvalue weighted by Crippen LogP contribution is -2.37. The first kappa shape index (κ1) is 8.15. The summed E-state index contributed by atoms with van der Waals surface area (Å²) in [6.45, 7) is 3.91. The fourth-order valence-corrected chi connectivity index (χ4v) is 1.05. The van der Waals surface area contributed by atoms with E-state index in [4.69, 9.17) is 17.0 Å². The molecule has 0 saturated heterocycles. The second-order valence-electron chi connectivity index (χ2n) is 2.55. The van der Waals surface area contributed by atoms with Crippen molar-refractivity contribution in [3.8, 4) is 6.07 Å². The molecule has 0 amide bonds. The summed E-state index contributed by atoms with van der Waals surface area (Å²) in [6.07, 6.45) is 0.979. The summed E-state index contributed by atoms with van der Waals surface area (Å²) in [5.41, 5.74) is 0. The molecule has 0 aliphatic carbocycles.